The van der Waals surface area contributed by atoms with E-state index in [0.29, 0.717) is 27.8 Å². The zero-order chi connectivity index (χ0) is 21.8. The lowest BCUT2D eigenvalue weighted by atomic mass is 10.1. The molecule has 0 saturated carbocycles. The van der Waals surface area contributed by atoms with E-state index in [1.807, 2.05) is 6.92 Å². The lowest BCUT2D eigenvalue weighted by molar-refractivity contribution is 0.0780. The van der Waals surface area contributed by atoms with Crippen LogP contribution in [0.5, 0.6) is 0 Å². The van der Waals surface area contributed by atoms with Gasteiger partial charge in [0.1, 0.15) is 5.82 Å². The second kappa shape index (κ2) is 8.99. The number of carbonyl (C=O) groups excluding carboxylic acids is 2. The Morgan fingerprint density at radius 3 is 2.73 bits per heavy atom. The molecule has 11 heteroatoms. The summed E-state index contributed by atoms with van der Waals surface area (Å²) in [6, 6.07) is 5.50. The first-order valence-electron chi connectivity index (χ1n) is 9.12. The van der Waals surface area contributed by atoms with Crippen molar-refractivity contribution in [2.75, 3.05) is 12.4 Å². The number of halogens is 1. The van der Waals surface area contributed by atoms with Crippen LogP contribution in [0.15, 0.2) is 24.3 Å². The Morgan fingerprint density at radius 1 is 1.30 bits per heavy atom. The maximum atomic E-state index is 13.2. The molecule has 3 amide bonds. The fraction of sp³-hybridized carbons (Fsp3) is 0.316. The number of hydrogen-bond acceptors (Lipinski definition) is 6. The molecule has 0 aliphatic rings. The van der Waals surface area contributed by atoms with Gasteiger partial charge < -0.3 is 10.2 Å². The Kier molecular flexibility index (Phi) is 6.40. The summed E-state index contributed by atoms with van der Waals surface area (Å²) >= 11 is 1.01. The second-order valence-corrected chi connectivity index (χ2v) is 7.54. The molecule has 0 fully saturated rings. The Labute approximate surface area is 177 Å². The summed E-state index contributed by atoms with van der Waals surface area (Å²) in [7, 11) is 3.45. The van der Waals surface area contributed by atoms with Gasteiger partial charge >= 0.3 is 6.03 Å². The van der Waals surface area contributed by atoms with Crippen molar-refractivity contribution in [1.82, 2.24) is 29.4 Å². The van der Waals surface area contributed by atoms with Gasteiger partial charge in [-0.25, -0.2) is 14.2 Å². The lowest BCUT2D eigenvalue weighted by Gasteiger charge is -2.15. The number of benzene rings is 1. The number of aromatic nitrogens is 4. The summed E-state index contributed by atoms with van der Waals surface area (Å²) in [6.07, 6.45) is 0. The molecule has 9 nitrogen and oxygen atoms in total. The maximum Gasteiger partial charge on any atom is 0.321 e. The van der Waals surface area contributed by atoms with Gasteiger partial charge in [-0.1, -0.05) is 12.1 Å². The molecule has 0 atom stereocenters. The molecule has 0 radical (unpaired) electrons. The van der Waals surface area contributed by atoms with E-state index in [-0.39, 0.29) is 24.8 Å². The van der Waals surface area contributed by atoms with Gasteiger partial charge in [-0.2, -0.15) is 9.47 Å². The predicted molar refractivity (Wildman–Crippen MR) is 111 cm³/mol. The number of amides is 3. The summed E-state index contributed by atoms with van der Waals surface area (Å²) in [5.41, 5.74) is 2.65. The molecule has 3 rings (SSSR count). The van der Waals surface area contributed by atoms with Crippen LogP contribution in [0.2, 0.25) is 0 Å². The van der Waals surface area contributed by atoms with Crippen LogP contribution in [-0.4, -0.2) is 43.0 Å². The van der Waals surface area contributed by atoms with Gasteiger partial charge in [-0.05, 0) is 31.5 Å². The summed E-state index contributed by atoms with van der Waals surface area (Å²) in [5, 5.41) is 9.78. The van der Waals surface area contributed by atoms with Gasteiger partial charge in [0, 0.05) is 37.9 Å². The molecule has 2 heterocycles. The van der Waals surface area contributed by atoms with Crippen molar-refractivity contribution in [3.05, 3.63) is 58.4 Å². The molecule has 0 unspecified atom stereocenters. The van der Waals surface area contributed by atoms with Crippen molar-refractivity contribution < 1.29 is 14.0 Å². The third-order valence-electron chi connectivity index (χ3n) is 4.48. The van der Waals surface area contributed by atoms with Gasteiger partial charge in [0.2, 0.25) is 5.13 Å². The minimum atomic E-state index is -0.479. The van der Waals surface area contributed by atoms with E-state index < -0.39 is 6.03 Å². The quantitative estimate of drug-likeness (QED) is 0.624. The van der Waals surface area contributed by atoms with Crippen LogP contribution in [0.3, 0.4) is 0 Å². The number of hydrogen-bond donors (Lipinski definition) is 2. The van der Waals surface area contributed by atoms with Gasteiger partial charge in [0.15, 0.2) is 5.82 Å². The smallest absolute Gasteiger partial charge is 0.321 e. The van der Waals surface area contributed by atoms with Crippen molar-refractivity contribution in [3.63, 3.8) is 0 Å². The van der Waals surface area contributed by atoms with Crippen LogP contribution in [0.4, 0.5) is 14.3 Å². The van der Waals surface area contributed by atoms with Crippen molar-refractivity contribution in [1.29, 1.82) is 0 Å². The average Bonchev–Trinajstić information content (AvgIpc) is 3.22. The number of aryl methyl sites for hydroxylation is 2. The van der Waals surface area contributed by atoms with Crippen LogP contribution in [0.25, 0.3) is 0 Å². The van der Waals surface area contributed by atoms with E-state index in [2.05, 4.69) is 25.1 Å². The first-order valence-corrected chi connectivity index (χ1v) is 9.89. The van der Waals surface area contributed by atoms with E-state index in [0.717, 1.165) is 17.2 Å². The number of urea groups is 1. The topological polar surface area (TPSA) is 105 Å². The van der Waals surface area contributed by atoms with E-state index in [1.165, 1.54) is 17.0 Å². The highest BCUT2D eigenvalue weighted by atomic mass is 32.1. The predicted octanol–water partition coefficient (Wildman–Crippen LogP) is 2.62. The van der Waals surface area contributed by atoms with Crippen LogP contribution >= 0.6 is 11.5 Å². The van der Waals surface area contributed by atoms with E-state index in [1.54, 1.807) is 37.8 Å². The molecular weight excluding hydrogens is 409 g/mol. The Morgan fingerprint density at radius 2 is 2.07 bits per heavy atom. The highest BCUT2D eigenvalue weighted by Gasteiger charge is 2.22. The molecule has 0 aliphatic heterocycles. The molecule has 2 N–H and O–H groups in total. The third kappa shape index (κ3) is 4.98. The monoisotopic (exact) mass is 431 g/mol. The van der Waals surface area contributed by atoms with Crippen molar-refractivity contribution in [2.45, 2.75) is 26.9 Å². The van der Waals surface area contributed by atoms with Gasteiger partial charge in [0.05, 0.1) is 17.8 Å². The molecule has 0 spiro atoms. The van der Waals surface area contributed by atoms with Crippen molar-refractivity contribution in [3.8, 4) is 0 Å². The lowest BCUT2D eigenvalue weighted by Crippen LogP contribution is -2.28. The van der Waals surface area contributed by atoms with E-state index in [9.17, 15) is 14.0 Å². The summed E-state index contributed by atoms with van der Waals surface area (Å²) in [4.78, 5) is 30.5. The van der Waals surface area contributed by atoms with Crippen LogP contribution < -0.4 is 10.6 Å². The average molecular weight is 431 g/mol. The number of carbonyl (C=O) groups is 2. The van der Waals surface area contributed by atoms with Crippen LogP contribution in [-0.2, 0) is 20.1 Å². The van der Waals surface area contributed by atoms with Crippen LogP contribution in [0.1, 0.15) is 33.1 Å². The Bertz CT molecular complexity index is 1080. The fourth-order valence-electron chi connectivity index (χ4n) is 2.90. The molecule has 3 aromatic rings. The third-order valence-corrected chi connectivity index (χ3v) is 5.15. The van der Waals surface area contributed by atoms with Crippen LogP contribution in [0, 0.1) is 19.7 Å². The fourth-order valence-corrected chi connectivity index (χ4v) is 3.47. The first-order chi connectivity index (χ1) is 14.2. The normalized spacial score (nSPS) is 10.7. The Hall–Kier alpha value is -3.34. The minimum absolute atomic E-state index is 0.171. The highest BCUT2D eigenvalue weighted by molar-refractivity contribution is 7.09. The van der Waals surface area contributed by atoms with Crippen molar-refractivity contribution >= 4 is 28.6 Å². The zero-order valence-corrected chi connectivity index (χ0v) is 17.9. The van der Waals surface area contributed by atoms with Gasteiger partial charge in [0.25, 0.3) is 5.91 Å². The van der Waals surface area contributed by atoms with Gasteiger partial charge in [-0.15, -0.1) is 0 Å². The zero-order valence-electron chi connectivity index (χ0n) is 17.1. The molecule has 158 valence electrons. The summed E-state index contributed by atoms with van der Waals surface area (Å²) in [5.74, 6) is -0.121. The van der Waals surface area contributed by atoms with Crippen molar-refractivity contribution in [2.24, 2.45) is 7.05 Å². The molecular formula is C19H22FN7O2S. The van der Waals surface area contributed by atoms with E-state index >= 15 is 0 Å². The van der Waals surface area contributed by atoms with Gasteiger partial charge in [-0.3, -0.25) is 14.8 Å². The maximum absolute atomic E-state index is 13.2. The highest BCUT2D eigenvalue weighted by Crippen LogP contribution is 2.17. The molecule has 0 bridgehead atoms. The number of rotatable bonds is 6. The summed E-state index contributed by atoms with van der Waals surface area (Å²) < 4.78 is 19.0. The molecule has 0 aliphatic carbocycles. The summed E-state index contributed by atoms with van der Waals surface area (Å²) in [6.45, 7) is 4.00. The largest absolute Gasteiger partial charge is 0.334 e. The Balaban J connectivity index is 1.55. The molecule has 30 heavy (non-hydrogen) atoms. The minimum Gasteiger partial charge on any atom is -0.334 e. The van der Waals surface area contributed by atoms with E-state index in [4.69, 9.17) is 0 Å². The second-order valence-electron chi connectivity index (χ2n) is 6.78. The number of nitrogens with one attached hydrogen (secondary N) is 2. The standard InChI is InChI=1S/C19H22FN7O2S/c1-11-16(12(2)27(4)24-11)17(28)26(3)10-15-22-19(30-25-15)23-18(29)21-9-13-6-5-7-14(20)8-13/h5-8H,9-10H2,1-4H3,(H2,21,22,23,25,29). The molecule has 0 saturated heterocycles. The number of anilines is 1. The SMILES string of the molecule is Cc1nn(C)c(C)c1C(=O)N(C)Cc1nsc(NC(=O)NCc2cccc(F)c2)n1. The first kappa shape index (κ1) is 21.4. The molecule has 1 aromatic carbocycles. The number of nitrogens with zero attached hydrogens (tertiary/aromatic N) is 5. The molecule has 2 aromatic heterocycles.